The average molecular weight is 304 g/mol. The van der Waals surface area contributed by atoms with E-state index >= 15 is 0 Å². The fourth-order valence-electron chi connectivity index (χ4n) is 1.45. The van der Waals surface area contributed by atoms with E-state index in [1.54, 1.807) is 0 Å². The van der Waals surface area contributed by atoms with Gasteiger partial charge in [-0.1, -0.05) is 20.8 Å². The first-order valence-corrected chi connectivity index (χ1v) is 6.59. The third-order valence-electron chi connectivity index (χ3n) is 2.52. The molecule has 0 heterocycles. The number of carbonyl (C=O) groups excluding carboxylic acids is 1. The van der Waals surface area contributed by atoms with Crippen molar-refractivity contribution in [2.75, 3.05) is 19.1 Å². The van der Waals surface area contributed by atoms with Crippen LogP contribution in [-0.4, -0.2) is 37.2 Å². The van der Waals surface area contributed by atoms with E-state index in [4.69, 9.17) is 11.6 Å². The fourth-order valence-corrected chi connectivity index (χ4v) is 1.67. The zero-order valence-electron chi connectivity index (χ0n) is 11.4. The first kappa shape index (κ1) is 18.5. The summed E-state index contributed by atoms with van der Waals surface area (Å²) in [5.41, 5.74) is -0.155. The van der Waals surface area contributed by atoms with E-state index in [1.807, 2.05) is 20.8 Å². The first-order valence-electron chi connectivity index (χ1n) is 6.06. The minimum absolute atomic E-state index is 0.0923. The Kier molecular flexibility index (Phi) is 7.74. The van der Waals surface area contributed by atoms with E-state index in [-0.39, 0.29) is 30.4 Å². The number of halogens is 4. The van der Waals surface area contributed by atoms with Gasteiger partial charge in [-0.3, -0.25) is 4.79 Å². The molecule has 114 valence electrons. The second kappa shape index (κ2) is 7.94. The Balaban J connectivity index is 4.01. The van der Waals surface area contributed by atoms with Gasteiger partial charge in [-0.05, 0) is 11.8 Å². The molecule has 0 aliphatic heterocycles. The fraction of sp³-hybridized carbons (Fsp3) is 0.917. The van der Waals surface area contributed by atoms with Crippen LogP contribution in [0.25, 0.3) is 0 Å². The van der Waals surface area contributed by atoms with Gasteiger partial charge in [0.2, 0.25) is 5.91 Å². The van der Waals surface area contributed by atoms with Gasteiger partial charge in [0.05, 0.1) is 6.61 Å². The Morgan fingerprint density at radius 1 is 1.32 bits per heavy atom. The molecule has 0 aromatic heterocycles. The summed E-state index contributed by atoms with van der Waals surface area (Å²) in [7, 11) is 0. The molecule has 0 saturated carbocycles. The van der Waals surface area contributed by atoms with Crippen molar-refractivity contribution < 1.29 is 22.7 Å². The minimum atomic E-state index is -4.36. The van der Waals surface area contributed by atoms with E-state index in [0.717, 1.165) is 0 Å². The van der Waals surface area contributed by atoms with Crippen molar-refractivity contribution in [2.24, 2.45) is 5.41 Å². The lowest BCUT2D eigenvalue weighted by Crippen LogP contribution is -2.44. The Morgan fingerprint density at radius 3 is 2.32 bits per heavy atom. The maximum atomic E-state index is 11.8. The van der Waals surface area contributed by atoms with E-state index < -0.39 is 12.8 Å². The lowest BCUT2D eigenvalue weighted by atomic mass is 9.85. The van der Waals surface area contributed by atoms with E-state index in [2.05, 4.69) is 10.1 Å². The quantitative estimate of drug-likeness (QED) is 0.580. The predicted octanol–water partition coefficient (Wildman–Crippen LogP) is 3.12. The topological polar surface area (TPSA) is 38.3 Å². The number of amides is 1. The number of hydrogen-bond donors (Lipinski definition) is 1. The molecular formula is C12H21ClF3NO2. The normalized spacial score (nSPS) is 14.3. The largest absolute Gasteiger partial charge is 0.411 e. The number of nitrogens with one attached hydrogen (secondary N) is 1. The van der Waals surface area contributed by atoms with Gasteiger partial charge < -0.3 is 10.1 Å². The summed E-state index contributed by atoms with van der Waals surface area (Å²) in [6.45, 7) is 4.31. The molecule has 0 aromatic rings. The molecule has 3 nitrogen and oxygen atoms in total. The van der Waals surface area contributed by atoms with Gasteiger partial charge in [0.15, 0.2) is 0 Å². The third kappa shape index (κ3) is 10.0. The van der Waals surface area contributed by atoms with Crippen molar-refractivity contribution in [1.29, 1.82) is 0 Å². The lowest BCUT2D eigenvalue weighted by Gasteiger charge is -2.31. The second-order valence-corrected chi connectivity index (χ2v) is 5.76. The van der Waals surface area contributed by atoms with Crippen LogP contribution in [0.4, 0.5) is 13.2 Å². The molecule has 0 rings (SSSR count). The van der Waals surface area contributed by atoms with Crippen LogP contribution in [0.15, 0.2) is 0 Å². The molecule has 1 N–H and O–H groups in total. The molecule has 19 heavy (non-hydrogen) atoms. The molecule has 0 saturated heterocycles. The van der Waals surface area contributed by atoms with E-state index in [9.17, 15) is 18.0 Å². The summed E-state index contributed by atoms with van der Waals surface area (Å²) in [4.78, 5) is 11.6. The van der Waals surface area contributed by atoms with Gasteiger partial charge in [0.25, 0.3) is 0 Å². The minimum Gasteiger partial charge on any atom is -0.372 e. The zero-order valence-corrected chi connectivity index (χ0v) is 12.2. The van der Waals surface area contributed by atoms with Gasteiger partial charge in [-0.25, -0.2) is 0 Å². The highest BCUT2D eigenvalue weighted by molar-refractivity contribution is 6.17. The molecule has 0 bridgehead atoms. The molecule has 7 heteroatoms. The summed E-state index contributed by atoms with van der Waals surface area (Å²) < 4.78 is 39.8. The summed E-state index contributed by atoms with van der Waals surface area (Å²) in [5.74, 6) is 0.0829. The molecule has 0 fully saturated rings. The van der Waals surface area contributed by atoms with Crippen LogP contribution in [0.1, 0.15) is 33.6 Å². The number of carbonyl (C=O) groups is 1. The first-order chi connectivity index (χ1) is 8.56. The summed E-state index contributed by atoms with van der Waals surface area (Å²) in [6.07, 6.45) is -3.84. The van der Waals surface area contributed by atoms with Crippen LogP contribution in [0.2, 0.25) is 0 Å². The Bertz CT molecular complexity index is 277. The van der Waals surface area contributed by atoms with Gasteiger partial charge in [-0.2, -0.15) is 13.2 Å². The third-order valence-corrected chi connectivity index (χ3v) is 2.74. The van der Waals surface area contributed by atoms with Crippen molar-refractivity contribution in [2.45, 2.75) is 45.8 Å². The van der Waals surface area contributed by atoms with Crippen LogP contribution in [-0.2, 0) is 9.53 Å². The molecule has 0 aliphatic rings. The number of alkyl halides is 4. The standard InChI is InChI=1S/C12H21ClF3NO2/c1-11(2,3)9(4-6-13)17-10(18)5-7-19-8-12(14,15)16/h9H,4-8H2,1-3H3,(H,17,18). The zero-order chi connectivity index (χ0) is 15.1. The van der Waals surface area contributed by atoms with Crippen LogP contribution in [0.3, 0.4) is 0 Å². The van der Waals surface area contributed by atoms with Crippen molar-refractivity contribution in [3.05, 3.63) is 0 Å². The highest BCUT2D eigenvalue weighted by Gasteiger charge is 2.28. The smallest absolute Gasteiger partial charge is 0.372 e. The molecule has 0 radical (unpaired) electrons. The van der Waals surface area contributed by atoms with Crippen LogP contribution >= 0.6 is 11.6 Å². The Hall–Kier alpha value is -0.490. The molecule has 0 aromatic carbocycles. The summed E-state index contributed by atoms with van der Waals surface area (Å²) >= 11 is 5.66. The molecular weight excluding hydrogens is 283 g/mol. The van der Waals surface area contributed by atoms with Crippen molar-refractivity contribution in [1.82, 2.24) is 5.32 Å². The van der Waals surface area contributed by atoms with Crippen LogP contribution in [0.5, 0.6) is 0 Å². The van der Waals surface area contributed by atoms with Crippen molar-refractivity contribution >= 4 is 17.5 Å². The monoisotopic (exact) mass is 303 g/mol. The highest BCUT2D eigenvalue weighted by atomic mass is 35.5. The van der Waals surface area contributed by atoms with Crippen molar-refractivity contribution in [3.63, 3.8) is 0 Å². The van der Waals surface area contributed by atoms with Crippen LogP contribution in [0, 0.1) is 5.41 Å². The summed E-state index contributed by atoms with van der Waals surface area (Å²) in [6, 6.07) is -0.111. The van der Waals surface area contributed by atoms with Gasteiger partial charge in [0, 0.05) is 18.3 Å². The highest BCUT2D eigenvalue weighted by Crippen LogP contribution is 2.22. The maximum absolute atomic E-state index is 11.8. The molecule has 1 unspecified atom stereocenters. The van der Waals surface area contributed by atoms with Gasteiger partial charge in [-0.15, -0.1) is 11.6 Å². The van der Waals surface area contributed by atoms with Crippen LogP contribution < -0.4 is 5.32 Å². The van der Waals surface area contributed by atoms with Crippen molar-refractivity contribution in [3.8, 4) is 0 Å². The average Bonchev–Trinajstić information content (AvgIpc) is 2.21. The number of hydrogen-bond acceptors (Lipinski definition) is 2. The lowest BCUT2D eigenvalue weighted by molar-refractivity contribution is -0.174. The molecule has 1 atom stereocenters. The van der Waals surface area contributed by atoms with Gasteiger partial charge in [0.1, 0.15) is 6.61 Å². The van der Waals surface area contributed by atoms with Gasteiger partial charge >= 0.3 is 6.18 Å². The maximum Gasteiger partial charge on any atom is 0.411 e. The Morgan fingerprint density at radius 2 is 1.89 bits per heavy atom. The summed E-state index contributed by atoms with van der Waals surface area (Å²) in [5, 5.41) is 2.77. The number of ether oxygens (including phenoxy) is 1. The van der Waals surface area contributed by atoms with E-state index in [1.165, 1.54) is 0 Å². The second-order valence-electron chi connectivity index (χ2n) is 5.38. The predicted molar refractivity (Wildman–Crippen MR) is 68.2 cm³/mol. The molecule has 0 aliphatic carbocycles. The molecule has 0 spiro atoms. The van der Waals surface area contributed by atoms with E-state index in [0.29, 0.717) is 12.3 Å². The molecule has 1 amide bonds. The Labute approximate surface area is 116 Å². The number of rotatable bonds is 7. The SMILES string of the molecule is CC(C)(C)C(CCCl)NC(=O)CCOCC(F)(F)F.